The summed E-state index contributed by atoms with van der Waals surface area (Å²) in [5.41, 5.74) is 11.4. The zero-order valence-electron chi connectivity index (χ0n) is 30.1. The average molecular weight is 734 g/mol. The van der Waals surface area contributed by atoms with E-state index in [0.717, 1.165) is 77.5 Å². The minimum absolute atomic E-state index is 0.868. The highest BCUT2D eigenvalue weighted by atomic mass is 32.1. The van der Waals surface area contributed by atoms with Gasteiger partial charge in [0.25, 0.3) is 0 Å². The second-order valence-electron chi connectivity index (χ2n) is 14.4. The Bertz CT molecular complexity index is 3480. The minimum atomic E-state index is 0.868. The second kappa shape index (κ2) is 12.2. The van der Waals surface area contributed by atoms with Gasteiger partial charge in [-0.05, 0) is 76.7 Å². The van der Waals surface area contributed by atoms with E-state index >= 15 is 0 Å². The van der Waals surface area contributed by atoms with Crippen LogP contribution < -0.4 is 4.90 Å². The van der Waals surface area contributed by atoms with Crippen LogP contribution in [0.5, 0.6) is 0 Å². The Morgan fingerprint density at radius 2 is 1.00 bits per heavy atom. The first-order valence-corrected chi connectivity index (χ1v) is 19.7. The number of hydrogen-bond donors (Lipinski definition) is 0. The third-order valence-electron chi connectivity index (χ3n) is 11.3. The van der Waals surface area contributed by atoms with Crippen molar-refractivity contribution in [2.24, 2.45) is 0 Å². The molecule has 262 valence electrons. The van der Waals surface area contributed by atoms with E-state index in [4.69, 9.17) is 8.83 Å². The van der Waals surface area contributed by atoms with Gasteiger partial charge in [0.05, 0.1) is 11.1 Å². The zero-order chi connectivity index (χ0) is 36.7. The van der Waals surface area contributed by atoms with Gasteiger partial charge in [-0.2, -0.15) is 0 Å². The number of para-hydroxylation sites is 2. The van der Waals surface area contributed by atoms with Gasteiger partial charge in [-0.25, -0.2) is 0 Å². The van der Waals surface area contributed by atoms with E-state index in [9.17, 15) is 0 Å². The van der Waals surface area contributed by atoms with Crippen molar-refractivity contribution in [1.82, 2.24) is 0 Å². The van der Waals surface area contributed by atoms with Crippen molar-refractivity contribution >= 4 is 103 Å². The fourth-order valence-electron chi connectivity index (χ4n) is 8.72. The highest BCUT2D eigenvalue weighted by Gasteiger charge is 2.22. The summed E-state index contributed by atoms with van der Waals surface area (Å²) in [6.45, 7) is 0. The molecule has 0 saturated heterocycles. The molecule has 0 fully saturated rings. The number of hydrogen-bond acceptors (Lipinski definition) is 4. The van der Waals surface area contributed by atoms with Crippen LogP contribution in [0.4, 0.5) is 17.1 Å². The van der Waals surface area contributed by atoms with Crippen LogP contribution >= 0.6 is 11.3 Å². The van der Waals surface area contributed by atoms with Crippen LogP contribution in [0.1, 0.15) is 0 Å². The number of fused-ring (bicyclic) bond motifs is 11. The first-order chi connectivity index (χ1) is 27.8. The van der Waals surface area contributed by atoms with Gasteiger partial charge >= 0.3 is 0 Å². The Morgan fingerprint density at radius 3 is 1.88 bits per heavy atom. The largest absolute Gasteiger partial charge is 0.456 e. The van der Waals surface area contributed by atoms with Gasteiger partial charge in [0.15, 0.2) is 0 Å². The number of benzene rings is 9. The van der Waals surface area contributed by atoms with Gasteiger partial charge in [0, 0.05) is 58.7 Å². The molecule has 0 aliphatic carbocycles. The lowest BCUT2D eigenvalue weighted by Gasteiger charge is -2.26. The van der Waals surface area contributed by atoms with Crippen LogP contribution in [0.25, 0.3) is 97.1 Å². The van der Waals surface area contributed by atoms with E-state index < -0.39 is 0 Å². The summed E-state index contributed by atoms with van der Waals surface area (Å²) in [7, 11) is 0. The quantitative estimate of drug-likeness (QED) is 0.176. The molecule has 0 amide bonds. The third kappa shape index (κ3) is 4.70. The maximum absolute atomic E-state index is 6.88. The lowest BCUT2D eigenvalue weighted by molar-refractivity contribution is 0.669. The van der Waals surface area contributed by atoms with Crippen LogP contribution in [0.2, 0.25) is 0 Å². The van der Waals surface area contributed by atoms with E-state index in [1.54, 1.807) is 0 Å². The fourth-order valence-corrected chi connectivity index (χ4v) is 9.86. The van der Waals surface area contributed by atoms with Crippen molar-refractivity contribution < 1.29 is 8.83 Å². The molecule has 0 atom stereocenters. The minimum Gasteiger partial charge on any atom is -0.456 e. The molecule has 0 bridgehead atoms. The zero-order valence-corrected chi connectivity index (χ0v) is 30.9. The van der Waals surface area contributed by atoms with Crippen LogP contribution in [-0.4, -0.2) is 0 Å². The highest BCUT2D eigenvalue weighted by molar-refractivity contribution is 7.25. The summed E-state index contributed by atoms with van der Waals surface area (Å²) < 4.78 is 15.8. The van der Waals surface area contributed by atoms with Crippen molar-refractivity contribution in [3.63, 3.8) is 0 Å². The predicted molar refractivity (Wildman–Crippen MR) is 237 cm³/mol. The van der Waals surface area contributed by atoms with E-state index in [-0.39, 0.29) is 0 Å². The average Bonchev–Trinajstić information content (AvgIpc) is 3.96. The molecule has 0 aliphatic rings. The summed E-state index contributed by atoms with van der Waals surface area (Å²) in [5.74, 6) is 0. The Hall–Kier alpha value is -7.14. The fraction of sp³-hybridized carbons (Fsp3) is 0. The molecule has 3 aromatic heterocycles. The van der Waals surface area contributed by atoms with Gasteiger partial charge in [0.2, 0.25) is 0 Å². The smallest absolute Gasteiger partial charge is 0.143 e. The predicted octanol–water partition coefficient (Wildman–Crippen LogP) is 15.8. The number of thiophene rings is 1. The topological polar surface area (TPSA) is 29.5 Å². The van der Waals surface area contributed by atoms with Gasteiger partial charge in [-0.3, -0.25) is 0 Å². The number of anilines is 3. The Balaban J connectivity index is 1.04. The van der Waals surface area contributed by atoms with Gasteiger partial charge in [-0.1, -0.05) is 133 Å². The Labute approximate surface area is 325 Å². The Morgan fingerprint density at radius 1 is 0.357 bits per heavy atom. The van der Waals surface area contributed by atoms with E-state index in [2.05, 4.69) is 181 Å². The van der Waals surface area contributed by atoms with E-state index in [0.29, 0.717) is 0 Å². The molecular weight excluding hydrogens is 703 g/mol. The molecule has 0 radical (unpaired) electrons. The van der Waals surface area contributed by atoms with E-state index in [1.165, 1.54) is 36.7 Å². The monoisotopic (exact) mass is 733 g/mol. The molecule has 9 aromatic carbocycles. The first kappa shape index (κ1) is 31.2. The molecule has 0 aliphatic heterocycles. The summed E-state index contributed by atoms with van der Waals surface area (Å²) >= 11 is 1.84. The molecule has 3 nitrogen and oxygen atoms in total. The van der Waals surface area contributed by atoms with Crippen LogP contribution in [-0.2, 0) is 0 Å². The van der Waals surface area contributed by atoms with Gasteiger partial charge < -0.3 is 13.7 Å². The first-order valence-electron chi connectivity index (χ1n) is 18.9. The molecule has 12 aromatic rings. The highest BCUT2D eigenvalue weighted by Crippen LogP contribution is 2.46. The summed E-state index contributed by atoms with van der Waals surface area (Å²) in [6, 6.07) is 67.1. The van der Waals surface area contributed by atoms with Crippen molar-refractivity contribution in [3.05, 3.63) is 188 Å². The van der Waals surface area contributed by atoms with Crippen molar-refractivity contribution in [2.75, 3.05) is 4.90 Å². The Kier molecular flexibility index (Phi) is 6.80. The normalized spacial score (nSPS) is 11.9. The van der Waals surface area contributed by atoms with Crippen LogP contribution in [0, 0.1) is 0 Å². The molecule has 0 unspecified atom stereocenters. The van der Waals surface area contributed by atoms with Crippen LogP contribution in [0.3, 0.4) is 0 Å². The molecule has 3 heterocycles. The summed E-state index contributed by atoms with van der Waals surface area (Å²) in [4.78, 5) is 2.37. The third-order valence-corrected chi connectivity index (χ3v) is 12.4. The molecule has 56 heavy (non-hydrogen) atoms. The molecular formula is C52H31NO2S. The van der Waals surface area contributed by atoms with Crippen molar-refractivity contribution in [2.45, 2.75) is 0 Å². The molecule has 0 spiro atoms. The van der Waals surface area contributed by atoms with Gasteiger partial charge in [0.1, 0.15) is 22.3 Å². The summed E-state index contributed by atoms with van der Waals surface area (Å²) in [6.07, 6.45) is 0. The van der Waals surface area contributed by atoms with E-state index in [1.807, 2.05) is 23.5 Å². The second-order valence-corrected chi connectivity index (χ2v) is 15.5. The molecule has 0 N–H and O–H groups in total. The number of furan rings is 2. The number of nitrogens with zero attached hydrogens (tertiary/aromatic N) is 1. The SMILES string of the molecule is c1ccc(-c2cc3c4cccc(-c5ccc(N(c6ccc7c(c6)sc6ccccc67)c6cccc7oc8ccccc8c67)cc5)c4oc3c3ccccc23)cc1. The van der Waals surface area contributed by atoms with Crippen molar-refractivity contribution in [1.29, 1.82) is 0 Å². The summed E-state index contributed by atoms with van der Waals surface area (Å²) in [5, 5.41) is 9.31. The molecule has 12 rings (SSSR count). The van der Waals surface area contributed by atoms with Crippen molar-refractivity contribution in [3.8, 4) is 22.3 Å². The lowest BCUT2D eigenvalue weighted by atomic mass is 9.95. The maximum atomic E-state index is 6.88. The molecule has 4 heteroatoms. The molecule has 0 saturated carbocycles. The maximum Gasteiger partial charge on any atom is 0.143 e. The van der Waals surface area contributed by atoms with Gasteiger partial charge in [-0.15, -0.1) is 11.3 Å². The standard InChI is InChI=1S/C52H31NO2S/c1-2-12-32(13-3-1)43-31-44-41-19-10-18-36(51(41)55-52(44)40-16-5-4-14-37(40)43)33-24-26-34(27-25-33)53(35-28-29-39-38-15-7-9-23-48(38)56-49(39)30-35)45-20-11-22-47-50(45)42-17-6-8-21-46(42)54-47/h1-31H. The number of rotatable bonds is 5. The lowest BCUT2D eigenvalue weighted by Crippen LogP contribution is -2.10. The van der Waals surface area contributed by atoms with Crippen LogP contribution in [0.15, 0.2) is 197 Å².